The molecule has 1 atom stereocenters. The number of benzene rings is 1. The molecule has 3 aromatic rings. The Morgan fingerprint density at radius 1 is 1.23 bits per heavy atom. The van der Waals surface area contributed by atoms with E-state index in [1.54, 1.807) is 18.2 Å². The maximum Gasteiger partial charge on any atom is 0.322 e. The van der Waals surface area contributed by atoms with E-state index < -0.39 is 17.5 Å². The highest BCUT2D eigenvalue weighted by Gasteiger charge is 2.52. The minimum Gasteiger partial charge on any atom is -0.497 e. The van der Waals surface area contributed by atoms with E-state index in [0.717, 1.165) is 5.56 Å². The minimum absolute atomic E-state index is 0.125. The summed E-state index contributed by atoms with van der Waals surface area (Å²) in [7, 11) is 1.52. The van der Waals surface area contributed by atoms with Gasteiger partial charge in [0, 0.05) is 24.5 Å². The first kappa shape index (κ1) is 18.7. The van der Waals surface area contributed by atoms with Gasteiger partial charge in [0.05, 0.1) is 26.0 Å². The van der Waals surface area contributed by atoms with Gasteiger partial charge in [0.1, 0.15) is 11.4 Å². The Hall–Kier alpha value is -4.35. The Labute approximate surface area is 175 Å². The first-order valence-corrected chi connectivity index (χ1v) is 9.29. The van der Waals surface area contributed by atoms with Gasteiger partial charge in [0.15, 0.2) is 11.4 Å². The van der Waals surface area contributed by atoms with E-state index in [4.69, 9.17) is 4.74 Å². The summed E-state index contributed by atoms with van der Waals surface area (Å²) in [6, 6.07) is 4.55. The first-order valence-electron chi connectivity index (χ1n) is 9.29. The molecule has 0 bridgehead atoms. The number of fused-ring (bicyclic) bond motifs is 1. The fourth-order valence-electron chi connectivity index (χ4n) is 3.73. The van der Waals surface area contributed by atoms with Crippen LogP contribution in [0.15, 0.2) is 43.0 Å². The van der Waals surface area contributed by atoms with Gasteiger partial charge < -0.3 is 15.0 Å². The van der Waals surface area contributed by atoms with E-state index in [0.29, 0.717) is 17.1 Å². The third-order valence-electron chi connectivity index (χ3n) is 5.28. The topological polar surface area (TPSA) is 144 Å². The monoisotopic (exact) mass is 420 g/mol. The van der Waals surface area contributed by atoms with Crippen molar-refractivity contribution in [2.24, 2.45) is 0 Å². The Balaban J connectivity index is 1.50. The second-order valence-electron chi connectivity index (χ2n) is 7.11. The summed E-state index contributed by atoms with van der Waals surface area (Å²) < 4.78 is 6.54. The van der Waals surface area contributed by atoms with Gasteiger partial charge >= 0.3 is 6.03 Å². The lowest BCUT2D eigenvalue weighted by atomic mass is 9.95. The Kier molecular flexibility index (Phi) is 4.13. The molecule has 0 radical (unpaired) electrons. The van der Waals surface area contributed by atoms with Gasteiger partial charge in [-0.3, -0.25) is 19.9 Å². The van der Waals surface area contributed by atoms with Gasteiger partial charge in [-0.25, -0.2) is 14.5 Å². The van der Waals surface area contributed by atoms with Crippen molar-refractivity contribution in [3.8, 4) is 11.6 Å². The molecule has 2 aliphatic heterocycles. The van der Waals surface area contributed by atoms with E-state index in [-0.39, 0.29) is 24.7 Å². The van der Waals surface area contributed by atoms with E-state index >= 15 is 0 Å². The average molecular weight is 420 g/mol. The molecule has 1 aromatic carbocycles. The summed E-state index contributed by atoms with van der Waals surface area (Å²) in [6.07, 6.45) is 5.96. The van der Waals surface area contributed by atoms with Crippen molar-refractivity contribution in [1.82, 2.24) is 40.5 Å². The summed E-state index contributed by atoms with van der Waals surface area (Å²) in [5.41, 5.74) is -0.140. The highest BCUT2D eigenvalue weighted by atomic mass is 16.5. The normalized spacial score (nSPS) is 19.9. The van der Waals surface area contributed by atoms with Crippen molar-refractivity contribution in [1.29, 1.82) is 0 Å². The van der Waals surface area contributed by atoms with Crippen molar-refractivity contribution < 1.29 is 19.1 Å². The van der Waals surface area contributed by atoms with Crippen LogP contribution < -0.4 is 15.4 Å². The van der Waals surface area contributed by atoms with Crippen LogP contribution in [0.25, 0.3) is 5.82 Å². The number of aromatic nitrogens is 5. The fraction of sp³-hybridized carbons (Fsp3) is 0.211. The van der Waals surface area contributed by atoms with Crippen LogP contribution in [-0.4, -0.2) is 61.4 Å². The van der Waals surface area contributed by atoms with Gasteiger partial charge in [-0.2, -0.15) is 0 Å². The van der Waals surface area contributed by atoms with E-state index in [1.807, 2.05) is 0 Å². The van der Waals surface area contributed by atoms with Crippen molar-refractivity contribution in [3.05, 3.63) is 59.8 Å². The summed E-state index contributed by atoms with van der Waals surface area (Å²) in [6.45, 7) is 0.154. The lowest BCUT2D eigenvalue weighted by molar-refractivity contribution is -0.125. The number of urea groups is 1. The number of hydrogen-bond donors (Lipinski definition) is 2. The van der Waals surface area contributed by atoms with Crippen LogP contribution in [0.3, 0.4) is 0 Å². The van der Waals surface area contributed by atoms with Crippen molar-refractivity contribution >= 4 is 17.8 Å². The molecule has 1 fully saturated rings. The molecular weight excluding hydrogens is 404 g/mol. The molecule has 5 rings (SSSR count). The fourth-order valence-corrected chi connectivity index (χ4v) is 3.73. The lowest BCUT2D eigenvalue weighted by Gasteiger charge is -2.28. The Bertz CT molecular complexity index is 1210. The molecule has 0 saturated carbocycles. The third-order valence-corrected chi connectivity index (χ3v) is 5.28. The van der Waals surface area contributed by atoms with Crippen LogP contribution in [0.5, 0.6) is 5.75 Å². The highest BCUT2D eigenvalue weighted by Crippen LogP contribution is 2.31. The number of hydrogen-bond acceptors (Lipinski definition) is 8. The van der Waals surface area contributed by atoms with Gasteiger partial charge in [-0.05, 0) is 17.7 Å². The van der Waals surface area contributed by atoms with Gasteiger partial charge in [-0.15, -0.1) is 5.10 Å². The number of carbonyl (C=O) groups excluding carboxylic acids is 3. The zero-order valence-corrected chi connectivity index (χ0v) is 16.3. The Morgan fingerprint density at radius 3 is 2.81 bits per heavy atom. The number of ether oxygens (including phenoxy) is 1. The van der Waals surface area contributed by atoms with Gasteiger partial charge in [0.25, 0.3) is 11.8 Å². The average Bonchev–Trinajstić information content (AvgIpc) is 3.46. The van der Waals surface area contributed by atoms with Crippen LogP contribution in [0, 0.1) is 0 Å². The van der Waals surface area contributed by atoms with E-state index in [2.05, 4.69) is 30.9 Å². The smallest absolute Gasteiger partial charge is 0.322 e. The maximum atomic E-state index is 13.0. The molecule has 0 unspecified atom stereocenters. The van der Waals surface area contributed by atoms with Crippen LogP contribution in [-0.2, 0) is 16.9 Å². The second-order valence-corrected chi connectivity index (χ2v) is 7.11. The number of imide groups is 1. The molecule has 2 aromatic heterocycles. The largest absolute Gasteiger partial charge is 0.497 e. The summed E-state index contributed by atoms with van der Waals surface area (Å²) in [5, 5.41) is 12.9. The van der Waals surface area contributed by atoms with E-state index in [9.17, 15) is 14.4 Å². The van der Waals surface area contributed by atoms with Crippen LogP contribution in [0.2, 0.25) is 0 Å². The molecule has 31 heavy (non-hydrogen) atoms. The molecule has 156 valence electrons. The number of amides is 4. The van der Waals surface area contributed by atoms with Crippen molar-refractivity contribution in [2.75, 3.05) is 13.7 Å². The number of nitrogens with zero attached hydrogens (tertiary/aromatic N) is 6. The molecule has 4 heterocycles. The number of methoxy groups -OCH3 is 1. The number of nitrogens with one attached hydrogen (secondary N) is 2. The SMILES string of the molecule is COc1ccc2c(c1)C(=O)N(C[C@@]1(c3cn(-c4cnccn4)nn3)NC(=O)NC1=O)C2. The molecular formula is C19H16N8O4. The molecule has 12 heteroatoms. The molecule has 0 aliphatic carbocycles. The summed E-state index contributed by atoms with van der Waals surface area (Å²) in [5.74, 6) is 0.0499. The number of carbonyl (C=O) groups is 3. The molecule has 12 nitrogen and oxygen atoms in total. The summed E-state index contributed by atoms with van der Waals surface area (Å²) >= 11 is 0. The standard InChI is InChI=1S/C19H16N8O4/c1-31-12-3-2-11-8-26(16(28)13(11)6-12)10-19(17(29)22-18(30)23-19)14-9-27(25-24-14)15-7-20-4-5-21-15/h2-7,9H,8,10H2,1H3,(H2,22,23,29,30)/t19-/m0/s1. The molecule has 0 spiro atoms. The van der Waals surface area contributed by atoms with Crippen molar-refractivity contribution in [3.63, 3.8) is 0 Å². The van der Waals surface area contributed by atoms with Gasteiger partial charge in [0.2, 0.25) is 0 Å². The predicted octanol–water partition coefficient (Wildman–Crippen LogP) is -0.243. The molecule has 4 amide bonds. The van der Waals surface area contributed by atoms with Crippen LogP contribution in [0.4, 0.5) is 4.79 Å². The van der Waals surface area contributed by atoms with Crippen LogP contribution >= 0.6 is 0 Å². The molecule has 2 N–H and O–H groups in total. The second kappa shape index (κ2) is 6.86. The third kappa shape index (κ3) is 2.96. The lowest BCUT2D eigenvalue weighted by Crippen LogP contribution is -2.53. The first-order chi connectivity index (χ1) is 15.0. The van der Waals surface area contributed by atoms with Crippen molar-refractivity contribution in [2.45, 2.75) is 12.1 Å². The minimum atomic E-state index is -1.60. The molecule has 2 aliphatic rings. The maximum absolute atomic E-state index is 13.0. The zero-order valence-electron chi connectivity index (χ0n) is 16.3. The quantitative estimate of drug-likeness (QED) is 0.538. The van der Waals surface area contributed by atoms with Crippen LogP contribution in [0.1, 0.15) is 21.6 Å². The molecule has 1 saturated heterocycles. The number of rotatable bonds is 5. The summed E-state index contributed by atoms with van der Waals surface area (Å²) in [4.78, 5) is 47.5. The Morgan fingerprint density at radius 2 is 2.10 bits per heavy atom. The zero-order chi connectivity index (χ0) is 21.6. The highest BCUT2D eigenvalue weighted by molar-refractivity contribution is 6.08. The van der Waals surface area contributed by atoms with Gasteiger partial charge in [-0.1, -0.05) is 11.3 Å². The van der Waals surface area contributed by atoms with E-state index in [1.165, 1.54) is 41.5 Å². The predicted molar refractivity (Wildman–Crippen MR) is 103 cm³/mol.